The summed E-state index contributed by atoms with van der Waals surface area (Å²) < 4.78 is 0. The van der Waals surface area contributed by atoms with Crippen LogP contribution in [0.15, 0.2) is 16.9 Å². The third-order valence-corrected chi connectivity index (χ3v) is 2.16. The molecule has 0 bridgehead atoms. The summed E-state index contributed by atoms with van der Waals surface area (Å²) in [7, 11) is 0. The van der Waals surface area contributed by atoms with Crippen LogP contribution in [0, 0.1) is 0 Å². The number of amides is 1. The minimum atomic E-state index is -0.724. The second-order valence-electron chi connectivity index (χ2n) is 3.42. The molecule has 1 heterocycles. The number of hydrogen-bond donors (Lipinski definition) is 3. The van der Waals surface area contributed by atoms with Crippen molar-refractivity contribution in [3.05, 3.63) is 22.5 Å². The number of anilines is 1. The van der Waals surface area contributed by atoms with Gasteiger partial charge in [0.1, 0.15) is 0 Å². The standard InChI is InChI=1S/C8H10N4O2/c9-8(3-4-8)7(14)10-5-1-2-6(13)12-11-5/h1-2H,3-4,9H2,(H,12,13)(H,10,11,14). The second kappa shape index (κ2) is 2.91. The van der Waals surface area contributed by atoms with Crippen LogP contribution in [0.25, 0.3) is 0 Å². The molecule has 2 rings (SSSR count). The largest absolute Gasteiger partial charge is 0.317 e. The number of aromatic amines is 1. The lowest BCUT2D eigenvalue weighted by atomic mass is 10.3. The van der Waals surface area contributed by atoms with E-state index in [2.05, 4.69) is 15.5 Å². The average Bonchev–Trinajstić information content (AvgIpc) is 2.89. The van der Waals surface area contributed by atoms with Crippen molar-refractivity contribution in [2.75, 3.05) is 5.32 Å². The van der Waals surface area contributed by atoms with Gasteiger partial charge >= 0.3 is 0 Å². The Morgan fingerprint density at radius 1 is 1.57 bits per heavy atom. The first kappa shape index (κ1) is 8.89. The fourth-order valence-electron chi connectivity index (χ4n) is 1.02. The van der Waals surface area contributed by atoms with E-state index in [0.717, 1.165) is 0 Å². The number of aromatic nitrogens is 2. The van der Waals surface area contributed by atoms with E-state index in [1.165, 1.54) is 12.1 Å². The van der Waals surface area contributed by atoms with E-state index in [4.69, 9.17) is 5.73 Å². The third-order valence-electron chi connectivity index (χ3n) is 2.16. The third kappa shape index (κ3) is 1.64. The van der Waals surface area contributed by atoms with Gasteiger partial charge in [-0.05, 0) is 18.9 Å². The predicted octanol–water partition coefficient (Wildman–Crippen LogP) is -0.800. The minimum absolute atomic E-state index is 0.253. The molecule has 74 valence electrons. The van der Waals surface area contributed by atoms with E-state index in [1.54, 1.807) is 0 Å². The van der Waals surface area contributed by atoms with E-state index < -0.39 is 5.54 Å². The molecule has 0 aromatic carbocycles. The molecule has 0 unspecified atom stereocenters. The van der Waals surface area contributed by atoms with Crippen LogP contribution in [0.2, 0.25) is 0 Å². The van der Waals surface area contributed by atoms with Crippen LogP contribution in [0.3, 0.4) is 0 Å². The zero-order valence-corrected chi connectivity index (χ0v) is 7.41. The number of rotatable bonds is 2. The highest BCUT2D eigenvalue weighted by molar-refractivity contribution is 5.99. The highest BCUT2D eigenvalue weighted by Crippen LogP contribution is 2.32. The van der Waals surface area contributed by atoms with Crippen molar-refractivity contribution < 1.29 is 4.79 Å². The number of carbonyl (C=O) groups excluding carboxylic acids is 1. The van der Waals surface area contributed by atoms with Crippen LogP contribution < -0.4 is 16.6 Å². The molecule has 1 aromatic heterocycles. The molecule has 6 nitrogen and oxygen atoms in total. The molecule has 1 fully saturated rings. The average molecular weight is 194 g/mol. The molecular formula is C8H10N4O2. The fourth-order valence-corrected chi connectivity index (χ4v) is 1.02. The van der Waals surface area contributed by atoms with Crippen molar-refractivity contribution in [1.82, 2.24) is 10.2 Å². The monoisotopic (exact) mass is 194 g/mol. The summed E-state index contributed by atoms with van der Waals surface area (Å²) in [6, 6.07) is 2.72. The zero-order chi connectivity index (χ0) is 10.2. The SMILES string of the molecule is NC1(C(=O)Nc2ccc(=O)[nH]n2)CC1. The van der Waals surface area contributed by atoms with Crippen molar-refractivity contribution in [1.29, 1.82) is 0 Å². The smallest absolute Gasteiger partial charge is 0.264 e. The van der Waals surface area contributed by atoms with Gasteiger partial charge in [0.25, 0.3) is 5.56 Å². The Morgan fingerprint density at radius 2 is 2.29 bits per heavy atom. The molecule has 1 aliphatic rings. The Labute approximate surface area is 79.5 Å². The van der Waals surface area contributed by atoms with Crippen LogP contribution in [-0.2, 0) is 4.79 Å². The lowest BCUT2D eigenvalue weighted by Crippen LogP contribution is -2.38. The Hall–Kier alpha value is -1.69. The summed E-state index contributed by atoms with van der Waals surface area (Å²) >= 11 is 0. The first-order valence-electron chi connectivity index (χ1n) is 4.26. The summed E-state index contributed by atoms with van der Waals surface area (Å²) in [6.07, 6.45) is 1.39. The number of nitrogens with one attached hydrogen (secondary N) is 2. The van der Waals surface area contributed by atoms with E-state index in [9.17, 15) is 9.59 Å². The number of nitrogens with two attached hydrogens (primary N) is 1. The molecule has 1 saturated carbocycles. The molecule has 6 heteroatoms. The van der Waals surface area contributed by atoms with Crippen LogP contribution >= 0.6 is 0 Å². The van der Waals surface area contributed by atoms with Crippen molar-refractivity contribution >= 4 is 11.7 Å². The molecule has 4 N–H and O–H groups in total. The summed E-state index contributed by atoms with van der Waals surface area (Å²) in [5, 5.41) is 8.38. The van der Waals surface area contributed by atoms with E-state index in [0.29, 0.717) is 18.7 Å². The Morgan fingerprint density at radius 3 is 2.79 bits per heavy atom. The first-order valence-corrected chi connectivity index (χ1v) is 4.26. The van der Waals surface area contributed by atoms with E-state index >= 15 is 0 Å². The number of H-pyrrole nitrogens is 1. The van der Waals surface area contributed by atoms with Gasteiger partial charge in [-0.25, -0.2) is 5.10 Å². The molecule has 0 radical (unpaired) electrons. The highest BCUT2D eigenvalue weighted by atomic mass is 16.2. The molecular weight excluding hydrogens is 184 g/mol. The maximum absolute atomic E-state index is 11.4. The van der Waals surface area contributed by atoms with Crippen LogP contribution in [0.1, 0.15) is 12.8 Å². The summed E-state index contributed by atoms with van der Waals surface area (Å²) in [5.74, 6) is 0.0587. The quantitative estimate of drug-likeness (QED) is 0.573. The van der Waals surface area contributed by atoms with Gasteiger partial charge < -0.3 is 11.1 Å². The van der Waals surface area contributed by atoms with Crippen molar-refractivity contribution in [3.8, 4) is 0 Å². The maximum atomic E-state index is 11.4. The summed E-state index contributed by atoms with van der Waals surface area (Å²) in [6.45, 7) is 0. The van der Waals surface area contributed by atoms with Gasteiger partial charge in [0.15, 0.2) is 5.82 Å². The highest BCUT2D eigenvalue weighted by Gasteiger charge is 2.46. The van der Waals surface area contributed by atoms with Gasteiger partial charge in [-0.1, -0.05) is 0 Å². The Bertz CT molecular complexity index is 401. The Balaban J connectivity index is 2.07. The summed E-state index contributed by atoms with van der Waals surface area (Å²) in [5.41, 5.74) is 4.62. The molecule has 0 spiro atoms. The molecule has 1 amide bonds. The lowest BCUT2D eigenvalue weighted by Gasteiger charge is -2.07. The first-order chi connectivity index (χ1) is 6.60. The fraction of sp³-hybridized carbons (Fsp3) is 0.375. The minimum Gasteiger partial charge on any atom is -0.317 e. The zero-order valence-electron chi connectivity index (χ0n) is 7.41. The van der Waals surface area contributed by atoms with Crippen molar-refractivity contribution in [2.45, 2.75) is 18.4 Å². The topological polar surface area (TPSA) is 101 Å². The molecule has 0 atom stereocenters. The van der Waals surface area contributed by atoms with Crippen molar-refractivity contribution in [2.24, 2.45) is 5.73 Å². The molecule has 1 aliphatic carbocycles. The molecule has 1 aromatic rings. The molecule has 0 saturated heterocycles. The van der Waals surface area contributed by atoms with E-state index in [1.807, 2.05) is 0 Å². The van der Waals surface area contributed by atoms with Crippen molar-refractivity contribution in [3.63, 3.8) is 0 Å². The number of nitrogens with zero attached hydrogens (tertiary/aromatic N) is 1. The summed E-state index contributed by atoms with van der Waals surface area (Å²) in [4.78, 5) is 22.1. The lowest BCUT2D eigenvalue weighted by molar-refractivity contribution is -0.118. The molecule has 14 heavy (non-hydrogen) atoms. The van der Waals surface area contributed by atoms with Gasteiger partial charge in [-0.3, -0.25) is 9.59 Å². The van der Waals surface area contributed by atoms with Gasteiger partial charge in [0.05, 0.1) is 5.54 Å². The number of hydrogen-bond acceptors (Lipinski definition) is 4. The van der Waals surface area contributed by atoms with Gasteiger partial charge in [0, 0.05) is 6.07 Å². The van der Waals surface area contributed by atoms with Crippen LogP contribution in [0.5, 0.6) is 0 Å². The van der Waals surface area contributed by atoms with Gasteiger partial charge in [0.2, 0.25) is 5.91 Å². The van der Waals surface area contributed by atoms with Crippen LogP contribution in [-0.4, -0.2) is 21.6 Å². The molecule has 0 aliphatic heterocycles. The normalized spacial score (nSPS) is 17.5. The number of carbonyl (C=O) groups is 1. The van der Waals surface area contributed by atoms with Crippen LogP contribution in [0.4, 0.5) is 5.82 Å². The van der Waals surface area contributed by atoms with Gasteiger partial charge in [-0.15, -0.1) is 0 Å². The second-order valence-corrected chi connectivity index (χ2v) is 3.42. The van der Waals surface area contributed by atoms with Gasteiger partial charge in [-0.2, -0.15) is 5.10 Å². The Kier molecular flexibility index (Phi) is 1.85. The van der Waals surface area contributed by atoms with E-state index in [-0.39, 0.29) is 11.5 Å². The maximum Gasteiger partial charge on any atom is 0.264 e. The predicted molar refractivity (Wildman–Crippen MR) is 49.6 cm³/mol.